The van der Waals surface area contributed by atoms with Crippen molar-refractivity contribution in [1.82, 2.24) is 9.66 Å². The zero-order valence-corrected chi connectivity index (χ0v) is 12.4. The third kappa shape index (κ3) is 3.07. The van der Waals surface area contributed by atoms with Gasteiger partial charge in [-0.25, -0.2) is 9.66 Å². The van der Waals surface area contributed by atoms with Crippen LogP contribution in [0.2, 0.25) is 0 Å². The minimum absolute atomic E-state index is 0.193. The Balaban J connectivity index is 1.89. The number of nitrogens with zero attached hydrogens (tertiary/aromatic N) is 4. The quantitative estimate of drug-likeness (QED) is 0.434. The van der Waals surface area contributed by atoms with Crippen molar-refractivity contribution in [2.45, 2.75) is 0 Å². The molecule has 2 aromatic carbocycles. The molecule has 0 saturated heterocycles. The molecule has 0 radical (unpaired) electrons. The third-order valence-electron chi connectivity index (χ3n) is 3.31. The highest BCUT2D eigenvalue weighted by molar-refractivity contribution is 5.81. The van der Waals surface area contributed by atoms with Crippen molar-refractivity contribution in [3.05, 3.63) is 70.4 Å². The summed E-state index contributed by atoms with van der Waals surface area (Å²) in [5.41, 5.74) is 7.47. The van der Waals surface area contributed by atoms with E-state index in [0.29, 0.717) is 11.3 Å². The van der Waals surface area contributed by atoms with E-state index >= 15 is 0 Å². The number of aromatic hydroxyl groups is 1. The number of anilines is 1. The van der Waals surface area contributed by atoms with Crippen molar-refractivity contribution in [1.29, 1.82) is 0 Å². The van der Waals surface area contributed by atoms with Gasteiger partial charge in [0, 0.05) is 17.2 Å². The van der Waals surface area contributed by atoms with Gasteiger partial charge in [-0.05, 0) is 12.1 Å². The highest BCUT2D eigenvalue weighted by Gasteiger charge is 2.13. The predicted molar refractivity (Wildman–Crippen MR) is 89.8 cm³/mol. The second-order valence-electron chi connectivity index (χ2n) is 4.94. The van der Waals surface area contributed by atoms with E-state index in [1.807, 2.05) is 30.3 Å². The first-order valence-electron chi connectivity index (χ1n) is 6.96. The molecule has 0 unspecified atom stereocenters. The maximum absolute atomic E-state index is 10.8. The van der Waals surface area contributed by atoms with Crippen molar-refractivity contribution in [2.24, 2.45) is 5.10 Å². The van der Waals surface area contributed by atoms with Crippen LogP contribution in [0.3, 0.4) is 0 Å². The Morgan fingerprint density at radius 2 is 2.00 bits per heavy atom. The SMILES string of the molecule is Nc1nc(-c2ccccc2)cn1N=Cc1ccc(O)c([N+](=O)[O-])c1. The molecule has 1 heterocycles. The van der Waals surface area contributed by atoms with Gasteiger partial charge in [-0.1, -0.05) is 30.3 Å². The highest BCUT2D eigenvalue weighted by Crippen LogP contribution is 2.25. The van der Waals surface area contributed by atoms with Crippen LogP contribution in [-0.4, -0.2) is 25.9 Å². The maximum Gasteiger partial charge on any atom is 0.311 e. The molecule has 0 amide bonds. The summed E-state index contributed by atoms with van der Waals surface area (Å²) < 4.78 is 1.38. The van der Waals surface area contributed by atoms with E-state index in [0.717, 1.165) is 5.56 Å². The molecular formula is C16H13N5O3. The number of phenols is 1. The van der Waals surface area contributed by atoms with Gasteiger partial charge in [0.05, 0.1) is 23.0 Å². The monoisotopic (exact) mass is 323 g/mol. The fourth-order valence-electron chi connectivity index (χ4n) is 2.12. The first-order chi connectivity index (χ1) is 11.5. The molecule has 24 heavy (non-hydrogen) atoms. The topological polar surface area (TPSA) is 120 Å². The van der Waals surface area contributed by atoms with E-state index in [2.05, 4.69) is 10.1 Å². The molecule has 0 aliphatic heterocycles. The first kappa shape index (κ1) is 15.2. The van der Waals surface area contributed by atoms with Crippen LogP contribution in [0, 0.1) is 10.1 Å². The zero-order chi connectivity index (χ0) is 17.1. The summed E-state index contributed by atoms with van der Waals surface area (Å²) in [5.74, 6) is -0.205. The summed E-state index contributed by atoms with van der Waals surface area (Å²) in [4.78, 5) is 14.4. The van der Waals surface area contributed by atoms with Gasteiger partial charge in [0.2, 0.25) is 5.95 Å². The molecule has 8 heteroatoms. The number of phenolic OH excluding ortho intramolecular Hbond substituents is 1. The van der Waals surface area contributed by atoms with Crippen LogP contribution < -0.4 is 5.73 Å². The summed E-state index contributed by atoms with van der Waals surface area (Å²) in [6.45, 7) is 0. The number of rotatable bonds is 4. The molecular weight excluding hydrogens is 310 g/mol. The Bertz CT molecular complexity index is 919. The lowest BCUT2D eigenvalue weighted by Crippen LogP contribution is -1.97. The minimum Gasteiger partial charge on any atom is -0.502 e. The number of hydrogen-bond donors (Lipinski definition) is 2. The van der Waals surface area contributed by atoms with Gasteiger partial charge < -0.3 is 10.8 Å². The van der Waals surface area contributed by atoms with Crippen LogP contribution in [0.4, 0.5) is 11.6 Å². The molecule has 0 aliphatic carbocycles. The molecule has 3 aromatic rings. The minimum atomic E-state index is -0.661. The van der Waals surface area contributed by atoms with Crippen molar-refractivity contribution in [3.8, 4) is 17.0 Å². The number of hydrogen-bond acceptors (Lipinski definition) is 6. The van der Waals surface area contributed by atoms with Crippen LogP contribution in [0.1, 0.15) is 5.56 Å². The Morgan fingerprint density at radius 3 is 2.71 bits per heavy atom. The number of benzene rings is 2. The molecule has 0 atom stereocenters. The van der Waals surface area contributed by atoms with Crippen LogP contribution in [0.25, 0.3) is 11.3 Å². The Labute approximate surface area is 136 Å². The molecule has 8 nitrogen and oxygen atoms in total. The summed E-state index contributed by atoms with van der Waals surface area (Å²) in [5, 5.41) is 24.4. The molecule has 1 aromatic heterocycles. The lowest BCUT2D eigenvalue weighted by Gasteiger charge is -1.98. The second-order valence-corrected chi connectivity index (χ2v) is 4.94. The van der Waals surface area contributed by atoms with E-state index < -0.39 is 10.7 Å². The fourth-order valence-corrected chi connectivity index (χ4v) is 2.12. The number of nitrogen functional groups attached to an aromatic ring is 1. The number of nitro groups is 1. The van der Waals surface area contributed by atoms with Crippen molar-refractivity contribution >= 4 is 17.9 Å². The largest absolute Gasteiger partial charge is 0.502 e. The highest BCUT2D eigenvalue weighted by atomic mass is 16.6. The Hall–Kier alpha value is -3.68. The summed E-state index contributed by atoms with van der Waals surface area (Å²) in [6.07, 6.45) is 3.06. The predicted octanol–water partition coefficient (Wildman–Crippen LogP) is 2.63. The summed E-state index contributed by atoms with van der Waals surface area (Å²) in [7, 11) is 0. The smallest absolute Gasteiger partial charge is 0.311 e. The molecule has 3 N–H and O–H groups in total. The van der Waals surface area contributed by atoms with Gasteiger partial charge in [0.1, 0.15) is 0 Å². The summed E-state index contributed by atoms with van der Waals surface area (Å²) >= 11 is 0. The lowest BCUT2D eigenvalue weighted by molar-refractivity contribution is -0.385. The van der Waals surface area contributed by atoms with Gasteiger partial charge in [-0.2, -0.15) is 5.10 Å². The summed E-state index contributed by atoms with van der Waals surface area (Å²) in [6, 6.07) is 13.5. The second kappa shape index (κ2) is 6.21. The van der Waals surface area contributed by atoms with E-state index in [1.165, 1.54) is 29.1 Å². The van der Waals surface area contributed by atoms with Crippen LogP contribution in [0.5, 0.6) is 5.75 Å². The van der Waals surface area contributed by atoms with Crippen LogP contribution in [-0.2, 0) is 0 Å². The van der Waals surface area contributed by atoms with Gasteiger partial charge in [0.25, 0.3) is 0 Å². The molecule has 0 spiro atoms. The number of nitro benzene ring substituents is 1. The van der Waals surface area contributed by atoms with E-state index in [-0.39, 0.29) is 11.6 Å². The van der Waals surface area contributed by atoms with Gasteiger partial charge >= 0.3 is 5.69 Å². The van der Waals surface area contributed by atoms with Crippen molar-refractivity contribution in [3.63, 3.8) is 0 Å². The fraction of sp³-hybridized carbons (Fsp3) is 0. The maximum atomic E-state index is 10.8. The van der Waals surface area contributed by atoms with Gasteiger partial charge in [0.15, 0.2) is 5.75 Å². The van der Waals surface area contributed by atoms with Gasteiger partial charge in [-0.3, -0.25) is 10.1 Å². The third-order valence-corrected chi connectivity index (χ3v) is 3.31. The molecule has 0 fully saturated rings. The lowest BCUT2D eigenvalue weighted by atomic mass is 10.2. The van der Waals surface area contributed by atoms with E-state index in [9.17, 15) is 15.2 Å². The normalized spacial score (nSPS) is 11.0. The van der Waals surface area contributed by atoms with Crippen molar-refractivity contribution in [2.75, 3.05) is 5.73 Å². The number of aromatic nitrogens is 2. The van der Waals surface area contributed by atoms with Crippen LogP contribution in [0.15, 0.2) is 59.8 Å². The molecule has 0 bridgehead atoms. The molecule has 0 saturated carbocycles. The Morgan fingerprint density at radius 1 is 1.25 bits per heavy atom. The average molecular weight is 323 g/mol. The van der Waals surface area contributed by atoms with Gasteiger partial charge in [-0.15, -0.1) is 0 Å². The van der Waals surface area contributed by atoms with Crippen LogP contribution >= 0.6 is 0 Å². The number of nitrogens with two attached hydrogens (primary N) is 1. The molecule has 120 valence electrons. The first-order valence-corrected chi connectivity index (χ1v) is 6.96. The zero-order valence-electron chi connectivity index (χ0n) is 12.4. The van der Waals surface area contributed by atoms with E-state index in [4.69, 9.17) is 5.73 Å². The van der Waals surface area contributed by atoms with E-state index in [1.54, 1.807) is 6.20 Å². The number of imidazole rings is 1. The molecule has 3 rings (SSSR count). The standard InChI is InChI=1S/C16H13N5O3/c17-16-19-13(12-4-2-1-3-5-12)10-20(16)18-9-11-6-7-15(22)14(8-11)21(23)24/h1-10,22H,(H2,17,19). The van der Waals surface area contributed by atoms with Crippen molar-refractivity contribution < 1.29 is 10.0 Å². The molecule has 0 aliphatic rings. The average Bonchev–Trinajstić information content (AvgIpc) is 2.95. The Kier molecular flexibility index (Phi) is 3.94.